The first-order valence-corrected chi connectivity index (χ1v) is 10.1. The smallest absolute Gasteiger partial charge is 0.343 e. The summed E-state index contributed by atoms with van der Waals surface area (Å²) >= 11 is 17.0. The number of anilines is 1. The summed E-state index contributed by atoms with van der Waals surface area (Å²) in [6, 6.07) is 19.0. The quantitative estimate of drug-likeness (QED) is 0.161. The number of hydrogen-bond donors (Lipinski definition) is 2. The highest BCUT2D eigenvalue weighted by Gasteiger charge is 2.14. The van der Waals surface area contributed by atoms with Gasteiger partial charge in [-0.2, -0.15) is 5.10 Å². The number of benzene rings is 3. The zero-order valence-corrected chi connectivity index (χ0v) is 18.6. The largest absolute Gasteiger partial charge is 0.493 e. The maximum absolute atomic E-state index is 12.4. The Labute approximate surface area is 194 Å². The molecule has 0 saturated heterocycles. The lowest BCUT2D eigenvalue weighted by Crippen LogP contribution is -2.23. The van der Waals surface area contributed by atoms with E-state index in [1.807, 2.05) is 30.3 Å². The summed E-state index contributed by atoms with van der Waals surface area (Å²) in [5.74, 6) is 0.0320. The fraction of sp³-hybridized carbons (Fsp3) is 0.0455. The molecule has 0 radical (unpaired) electrons. The normalized spacial score (nSPS) is 10.5. The third-order valence-electron chi connectivity index (χ3n) is 3.96. The van der Waals surface area contributed by atoms with Crippen molar-refractivity contribution in [3.8, 4) is 11.5 Å². The molecule has 0 unspecified atom stereocenters. The number of thiocarbonyl (C=S) groups is 1. The van der Waals surface area contributed by atoms with Gasteiger partial charge in [0.2, 0.25) is 0 Å². The molecule has 6 nitrogen and oxygen atoms in total. The van der Waals surface area contributed by atoms with Crippen LogP contribution in [0, 0.1) is 0 Å². The SMILES string of the molecule is COc1cc(/C=N/NC(=S)Nc2ccccc2)ccc1OC(=O)c1ccc(Cl)c(Cl)c1. The zero-order valence-electron chi connectivity index (χ0n) is 16.3. The van der Waals surface area contributed by atoms with Crippen LogP contribution in [0.5, 0.6) is 11.5 Å². The minimum atomic E-state index is -0.586. The van der Waals surface area contributed by atoms with Crippen molar-refractivity contribution in [3.63, 3.8) is 0 Å². The number of hydrogen-bond acceptors (Lipinski definition) is 5. The summed E-state index contributed by atoms with van der Waals surface area (Å²) in [4.78, 5) is 12.4. The zero-order chi connectivity index (χ0) is 22.2. The van der Waals surface area contributed by atoms with E-state index < -0.39 is 5.97 Å². The molecule has 9 heteroatoms. The van der Waals surface area contributed by atoms with E-state index in [1.165, 1.54) is 25.3 Å². The molecule has 0 atom stereocenters. The van der Waals surface area contributed by atoms with Crippen molar-refractivity contribution in [1.82, 2.24) is 5.43 Å². The topological polar surface area (TPSA) is 71.9 Å². The number of carbonyl (C=O) groups excluding carboxylic acids is 1. The minimum Gasteiger partial charge on any atom is -0.493 e. The molecule has 0 fully saturated rings. The summed E-state index contributed by atoms with van der Waals surface area (Å²) < 4.78 is 10.8. The van der Waals surface area contributed by atoms with Gasteiger partial charge < -0.3 is 14.8 Å². The fourth-order valence-corrected chi connectivity index (χ4v) is 2.95. The predicted molar refractivity (Wildman–Crippen MR) is 128 cm³/mol. The third-order valence-corrected chi connectivity index (χ3v) is 4.89. The molecule has 0 aromatic heterocycles. The number of halogens is 2. The lowest BCUT2D eigenvalue weighted by atomic mass is 10.2. The van der Waals surface area contributed by atoms with E-state index in [1.54, 1.807) is 24.4 Å². The lowest BCUT2D eigenvalue weighted by Gasteiger charge is -2.10. The third kappa shape index (κ3) is 6.42. The lowest BCUT2D eigenvalue weighted by molar-refractivity contribution is 0.0729. The highest BCUT2D eigenvalue weighted by atomic mass is 35.5. The van der Waals surface area contributed by atoms with E-state index in [-0.39, 0.29) is 16.3 Å². The first-order valence-electron chi connectivity index (χ1n) is 8.96. The van der Waals surface area contributed by atoms with E-state index in [4.69, 9.17) is 44.9 Å². The Morgan fingerprint density at radius 1 is 1.00 bits per heavy atom. The molecule has 3 rings (SSSR count). The van der Waals surface area contributed by atoms with E-state index in [0.717, 1.165) is 5.69 Å². The van der Waals surface area contributed by atoms with Crippen molar-refractivity contribution < 1.29 is 14.3 Å². The molecule has 158 valence electrons. The molecular formula is C22H17Cl2N3O3S. The van der Waals surface area contributed by atoms with Crippen molar-refractivity contribution in [2.24, 2.45) is 5.10 Å². The van der Waals surface area contributed by atoms with Gasteiger partial charge in [-0.1, -0.05) is 41.4 Å². The molecule has 31 heavy (non-hydrogen) atoms. The van der Waals surface area contributed by atoms with Crippen LogP contribution in [0.3, 0.4) is 0 Å². The van der Waals surface area contributed by atoms with E-state index in [9.17, 15) is 4.79 Å². The molecule has 0 aliphatic carbocycles. The van der Waals surface area contributed by atoms with Gasteiger partial charge in [0.25, 0.3) is 0 Å². The second-order valence-corrected chi connectivity index (χ2v) is 7.34. The summed E-state index contributed by atoms with van der Waals surface area (Å²) in [6.07, 6.45) is 1.56. The van der Waals surface area contributed by atoms with Gasteiger partial charge in [-0.3, -0.25) is 5.43 Å². The number of carbonyl (C=O) groups is 1. The summed E-state index contributed by atoms with van der Waals surface area (Å²) in [6.45, 7) is 0. The maximum atomic E-state index is 12.4. The Balaban J connectivity index is 1.63. The highest BCUT2D eigenvalue weighted by molar-refractivity contribution is 7.80. The molecule has 2 N–H and O–H groups in total. The molecular weight excluding hydrogens is 457 g/mol. The summed E-state index contributed by atoms with van der Waals surface area (Å²) in [5.41, 5.74) is 4.57. The van der Waals surface area contributed by atoms with Crippen LogP contribution in [0.2, 0.25) is 10.0 Å². The molecule has 0 heterocycles. The highest BCUT2D eigenvalue weighted by Crippen LogP contribution is 2.29. The first kappa shape index (κ1) is 22.6. The van der Waals surface area contributed by atoms with Crippen LogP contribution in [-0.4, -0.2) is 24.4 Å². The molecule has 0 saturated carbocycles. The van der Waals surface area contributed by atoms with Crippen LogP contribution in [0.4, 0.5) is 5.69 Å². The van der Waals surface area contributed by atoms with Gasteiger partial charge in [0, 0.05) is 5.69 Å². The Morgan fingerprint density at radius 3 is 2.48 bits per heavy atom. The van der Waals surface area contributed by atoms with Crippen LogP contribution in [0.25, 0.3) is 0 Å². The predicted octanol–water partition coefficient (Wildman–Crippen LogP) is 5.54. The van der Waals surface area contributed by atoms with Crippen molar-refractivity contribution in [2.45, 2.75) is 0 Å². The van der Waals surface area contributed by atoms with Gasteiger partial charge in [-0.15, -0.1) is 0 Å². The number of hydrazone groups is 1. The number of nitrogens with one attached hydrogen (secondary N) is 2. The van der Waals surface area contributed by atoms with E-state index >= 15 is 0 Å². The van der Waals surface area contributed by atoms with Crippen LogP contribution >= 0.6 is 35.4 Å². The Morgan fingerprint density at radius 2 is 1.77 bits per heavy atom. The molecule has 0 spiro atoms. The summed E-state index contributed by atoms with van der Waals surface area (Å²) in [7, 11) is 1.48. The average molecular weight is 474 g/mol. The van der Waals surface area contributed by atoms with E-state index in [2.05, 4.69) is 15.8 Å². The first-order chi connectivity index (χ1) is 15.0. The van der Waals surface area contributed by atoms with Gasteiger partial charge >= 0.3 is 5.97 Å². The standard InChI is InChI=1S/C22H17Cl2N3O3S/c1-29-20-11-14(13-25-27-22(31)26-16-5-3-2-4-6-16)7-10-19(20)30-21(28)15-8-9-17(23)18(24)12-15/h2-13H,1H3,(H2,26,27,31)/b25-13+. The minimum absolute atomic E-state index is 0.255. The van der Waals surface area contributed by atoms with E-state index in [0.29, 0.717) is 21.4 Å². The number of rotatable bonds is 6. The molecule has 0 aliphatic heterocycles. The molecule has 3 aromatic carbocycles. The van der Waals surface area contributed by atoms with Crippen molar-refractivity contribution in [2.75, 3.05) is 12.4 Å². The number of methoxy groups -OCH3 is 1. The molecule has 0 bridgehead atoms. The number of nitrogens with zero attached hydrogens (tertiary/aromatic N) is 1. The second kappa shape index (κ2) is 10.8. The molecule has 0 aliphatic rings. The number of para-hydroxylation sites is 1. The van der Waals surface area contributed by atoms with Gasteiger partial charge in [0.05, 0.1) is 28.9 Å². The second-order valence-electron chi connectivity index (χ2n) is 6.12. The Bertz CT molecular complexity index is 1120. The fourth-order valence-electron chi connectivity index (χ4n) is 2.48. The van der Waals surface area contributed by atoms with Crippen LogP contribution in [0.1, 0.15) is 15.9 Å². The number of esters is 1. The van der Waals surface area contributed by atoms with Crippen molar-refractivity contribution in [3.05, 3.63) is 87.9 Å². The van der Waals surface area contributed by atoms with Gasteiger partial charge in [0.15, 0.2) is 16.6 Å². The molecule has 0 amide bonds. The van der Waals surface area contributed by atoms with Crippen molar-refractivity contribution in [1.29, 1.82) is 0 Å². The van der Waals surface area contributed by atoms with Crippen LogP contribution < -0.4 is 20.2 Å². The number of ether oxygens (including phenoxy) is 2. The Hall–Kier alpha value is -3.13. The van der Waals surface area contributed by atoms with Crippen LogP contribution in [0.15, 0.2) is 71.8 Å². The van der Waals surface area contributed by atoms with Crippen LogP contribution in [-0.2, 0) is 0 Å². The summed E-state index contributed by atoms with van der Waals surface area (Å²) in [5, 5.41) is 8.08. The molecule has 3 aromatic rings. The maximum Gasteiger partial charge on any atom is 0.343 e. The van der Waals surface area contributed by atoms with Gasteiger partial charge in [0.1, 0.15) is 0 Å². The monoisotopic (exact) mass is 473 g/mol. The Kier molecular flexibility index (Phi) is 7.83. The average Bonchev–Trinajstić information content (AvgIpc) is 2.77. The van der Waals surface area contributed by atoms with Gasteiger partial charge in [-0.05, 0) is 66.3 Å². The van der Waals surface area contributed by atoms with Crippen molar-refractivity contribution >= 4 is 58.4 Å². The van der Waals surface area contributed by atoms with Gasteiger partial charge in [-0.25, -0.2) is 4.79 Å².